The van der Waals surface area contributed by atoms with E-state index in [0.717, 1.165) is 0 Å². The number of hydrogen-bond donors (Lipinski definition) is 1. The van der Waals surface area contributed by atoms with Gasteiger partial charge in [-0.05, 0) is 0 Å². The minimum atomic E-state index is -0.901. The average molecular weight is 369 g/mol. The Kier molecular flexibility index (Phi) is 7.25. The molecule has 0 aromatic heterocycles. The quantitative estimate of drug-likeness (QED) is 0.381. The maximum absolute atomic E-state index is 11.4. The molecule has 10 heteroatoms. The van der Waals surface area contributed by atoms with Gasteiger partial charge in [0, 0.05) is 32.7 Å². The van der Waals surface area contributed by atoms with Gasteiger partial charge in [-0.1, -0.05) is 6.58 Å². The number of aliphatic carboxylic acids is 1. The van der Waals surface area contributed by atoms with Crippen molar-refractivity contribution in [2.75, 3.05) is 58.9 Å². The molecule has 0 aromatic carbocycles. The second kappa shape index (κ2) is 9.41. The van der Waals surface area contributed by atoms with Crippen LogP contribution in [0.4, 0.5) is 0 Å². The largest absolute Gasteiger partial charge is 0.481 e. The summed E-state index contributed by atoms with van der Waals surface area (Å²) in [5.74, 6) is -2.03. The zero-order chi connectivity index (χ0) is 19.1. The molecule has 2 saturated heterocycles. The third-order valence-corrected chi connectivity index (χ3v) is 4.05. The molecule has 2 fully saturated rings. The summed E-state index contributed by atoms with van der Waals surface area (Å²) >= 11 is 0. The van der Waals surface area contributed by atoms with Crippen molar-refractivity contribution in [1.29, 1.82) is 0 Å². The number of carboxylic acids is 1. The maximum Gasteiger partial charge on any atom is 0.327 e. The Labute approximate surface area is 150 Å². The minimum absolute atomic E-state index is 0.0181. The van der Waals surface area contributed by atoms with E-state index in [9.17, 15) is 19.2 Å². The molecule has 2 rings (SSSR count). The lowest BCUT2D eigenvalue weighted by Crippen LogP contribution is -2.47. The van der Waals surface area contributed by atoms with Gasteiger partial charge >= 0.3 is 23.9 Å². The predicted molar refractivity (Wildman–Crippen MR) is 87.9 cm³/mol. The van der Waals surface area contributed by atoms with Crippen LogP contribution in [0.25, 0.3) is 0 Å². The Morgan fingerprint density at radius 2 is 1.42 bits per heavy atom. The number of morpholine rings is 2. The Morgan fingerprint density at radius 3 is 1.92 bits per heavy atom. The molecule has 0 radical (unpaired) electrons. The van der Waals surface area contributed by atoms with Gasteiger partial charge in [0.15, 0.2) is 0 Å². The van der Waals surface area contributed by atoms with Gasteiger partial charge in [-0.25, -0.2) is 0 Å². The topological polar surface area (TPSA) is 117 Å². The molecule has 10 nitrogen and oxygen atoms in total. The second-order valence-electron chi connectivity index (χ2n) is 6.27. The lowest BCUT2D eigenvalue weighted by atomic mass is 10.3. The summed E-state index contributed by atoms with van der Waals surface area (Å²) in [5.41, 5.74) is 0. The number of esters is 3. The second-order valence-corrected chi connectivity index (χ2v) is 6.27. The molecule has 0 saturated carbocycles. The Hall–Kier alpha value is -2.30. The van der Waals surface area contributed by atoms with Crippen molar-refractivity contribution >= 4 is 23.9 Å². The Balaban J connectivity index is 1.83. The van der Waals surface area contributed by atoms with Crippen LogP contribution >= 0.6 is 0 Å². The third kappa shape index (κ3) is 6.90. The van der Waals surface area contributed by atoms with Gasteiger partial charge in [0.25, 0.3) is 0 Å². The summed E-state index contributed by atoms with van der Waals surface area (Å²) in [6.45, 7) is 6.70. The van der Waals surface area contributed by atoms with E-state index in [1.807, 2.05) is 9.80 Å². The van der Waals surface area contributed by atoms with Crippen molar-refractivity contribution in [3.05, 3.63) is 12.3 Å². The van der Waals surface area contributed by atoms with E-state index in [1.165, 1.54) is 0 Å². The molecule has 0 unspecified atom stereocenters. The number of nitrogens with zero attached hydrogens (tertiary/aromatic N) is 3. The van der Waals surface area contributed by atoms with Gasteiger partial charge in [-0.3, -0.25) is 29.0 Å². The van der Waals surface area contributed by atoms with Crippen LogP contribution in [0.2, 0.25) is 0 Å². The molecular formula is C16H23N3O7. The normalized spacial score (nSPS) is 19.6. The minimum Gasteiger partial charge on any atom is -0.481 e. The van der Waals surface area contributed by atoms with Crippen molar-refractivity contribution in [3.8, 4) is 0 Å². The molecule has 1 N–H and O–H groups in total. The van der Waals surface area contributed by atoms with Crippen LogP contribution in [0.3, 0.4) is 0 Å². The maximum atomic E-state index is 11.4. The van der Waals surface area contributed by atoms with Gasteiger partial charge in [0.2, 0.25) is 0 Å². The molecule has 26 heavy (non-hydrogen) atoms. The number of carbonyl (C=O) groups is 4. The molecule has 0 amide bonds. The number of rotatable bonds is 9. The van der Waals surface area contributed by atoms with Crippen molar-refractivity contribution < 1.29 is 33.8 Å². The fourth-order valence-electron chi connectivity index (χ4n) is 2.80. The van der Waals surface area contributed by atoms with Gasteiger partial charge in [-0.15, -0.1) is 0 Å². The standard InChI is InChI=1S/C16H23N3O7/c1-12-8-18(9-14(22)25-12)6-4-17(3-2-13(20)21)5-7-19-10-15(23)26-16(24)11-19/h1-11H2,(H,20,21). The number of ether oxygens (including phenoxy) is 2. The first-order chi connectivity index (χ1) is 12.3. The summed E-state index contributed by atoms with van der Waals surface area (Å²) < 4.78 is 9.38. The highest BCUT2D eigenvalue weighted by molar-refractivity contribution is 5.90. The molecule has 2 heterocycles. The SMILES string of the molecule is C=C1CN(CCN(CCC(=O)O)CCN2CC(=O)OC(=O)C2)CC(=O)O1. The smallest absolute Gasteiger partial charge is 0.327 e. The summed E-state index contributed by atoms with van der Waals surface area (Å²) in [7, 11) is 0. The molecule has 2 aliphatic heterocycles. The highest BCUT2D eigenvalue weighted by Crippen LogP contribution is 2.08. The van der Waals surface area contributed by atoms with Gasteiger partial charge in [-0.2, -0.15) is 0 Å². The zero-order valence-corrected chi connectivity index (χ0v) is 14.5. The zero-order valence-electron chi connectivity index (χ0n) is 14.5. The first-order valence-electron chi connectivity index (χ1n) is 8.32. The fourth-order valence-corrected chi connectivity index (χ4v) is 2.80. The van der Waals surface area contributed by atoms with E-state index in [-0.39, 0.29) is 32.0 Å². The number of carbonyl (C=O) groups excluding carboxylic acids is 3. The van der Waals surface area contributed by atoms with Crippen LogP contribution in [0.15, 0.2) is 12.3 Å². The Morgan fingerprint density at radius 1 is 0.923 bits per heavy atom. The molecule has 0 aromatic rings. The van der Waals surface area contributed by atoms with E-state index >= 15 is 0 Å². The lowest BCUT2D eigenvalue weighted by molar-refractivity contribution is -0.166. The van der Waals surface area contributed by atoms with Crippen LogP contribution in [-0.4, -0.2) is 103 Å². The first-order valence-corrected chi connectivity index (χ1v) is 8.32. The van der Waals surface area contributed by atoms with Crippen molar-refractivity contribution in [3.63, 3.8) is 0 Å². The molecule has 0 aliphatic carbocycles. The van der Waals surface area contributed by atoms with Gasteiger partial charge in [0.05, 0.1) is 32.6 Å². The van der Waals surface area contributed by atoms with E-state index in [0.29, 0.717) is 45.0 Å². The van der Waals surface area contributed by atoms with Crippen LogP contribution < -0.4 is 0 Å². The van der Waals surface area contributed by atoms with E-state index in [2.05, 4.69) is 11.3 Å². The lowest BCUT2D eigenvalue weighted by Gasteiger charge is -2.31. The van der Waals surface area contributed by atoms with Gasteiger partial charge in [0.1, 0.15) is 5.76 Å². The molecule has 144 valence electrons. The number of hydrogen-bond acceptors (Lipinski definition) is 9. The molecule has 0 bridgehead atoms. The molecule has 0 atom stereocenters. The monoisotopic (exact) mass is 369 g/mol. The fraction of sp³-hybridized carbons (Fsp3) is 0.625. The van der Waals surface area contributed by atoms with Crippen molar-refractivity contribution in [2.24, 2.45) is 0 Å². The number of cyclic esters (lactones) is 3. The van der Waals surface area contributed by atoms with E-state index in [4.69, 9.17) is 9.84 Å². The van der Waals surface area contributed by atoms with Crippen LogP contribution in [0.1, 0.15) is 6.42 Å². The predicted octanol–water partition coefficient (Wildman–Crippen LogP) is -1.48. The summed E-state index contributed by atoms with van der Waals surface area (Å²) in [4.78, 5) is 50.4. The molecule has 2 aliphatic rings. The van der Waals surface area contributed by atoms with Crippen LogP contribution in [0.5, 0.6) is 0 Å². The highest BCUT2D eigenvalue weighted by atomic mass is 16.6. The summed E-state index contributed by atoms with van der Waals surface area (Å²) in [6, 6.07) is 0. The average Bonchev–Trinajstić information content (AvgIpc) is 2.52. The third-order valence-electron chi connectivity index (χ3n) is 4.05. The van der Waals surface area contributed by atoms with Crippen molar-refractivity contribution in [1.82, 2.24) is 14.7 Å². The van der Waals surface area contributed by atoms with E-state index in [1.54, 1.807) is 4.90 Å². The van der Waals surface area contributed by atoms with Gasteiger partial charge < -0.3 is 19.5 Å². The van der Waals surface area contributed by atoms with Crippen LogP contribution in [-0.2, 0) is 28.7 Å². The van der Waals surface area contributed by atoms with Crippen molar-refractivity contribution in [2.45, 2.75) is 6.42 Å². The molecule has 0 spiro atoms. The first kappa shape index (κ1) is 20.0. The summed E-state index contributed by atoms with van der Waals surface area (Å²) in [5, 5.41) is 8.91. The highest BCUT2D eigenvalue weighted by Gasteiger charge is 2.25. The van der Waals surface area contributed by atoms with E-state index < -0.39 is 17.9 Å². The van der Waals surface area contributed by atoms with Crippen LogP contribution in [0, 0.1) is 0 Å². The Bertz CT molecular complexity index is 518. The summed E-state index contributed by atoms with van der Waals surface area (Å²) in [6.07, 6.45) is -0.0181. The molecular weight excluding hydrogens is 346 g/mol. The number of carboxylic acid groups (broad SMARTS) is 1.